The van der Waals surface area contributed by atoms with Gasteiger partial charge in [-0.15, -0.1) is 0 Å². The molecule has 7 rings (SSSR count). The monoisotopic (exact) mass is 710 g/mol. The number of nitrogen functional groups attached to an aromatic ring is 2. The maximum atomic E-state index is 15.9. The molecule has 7 heterocycles. The van der Waals surface area contributed by atoms with Crippen LogP contribution < -0.4 is 17.0 Å². The molecule has 3 aliphatic heterocycles. The number of anilines is 2. The third-order valence-corrected chi connectivity index (χ3v) is 9.45. The number of fused-ring (bicyclic) bond motifs is 5. The van der Waals surface area contributed by atoms with E-state index in [0.717, 1.165) is 21.8 Å². The Bertz CT molecular complexity index is 2000. The maximum absolute atomic E-state index is 15.9. The molecular weight excluding hydrogens is 689 g/mol. The van der Waals surface area contributed by atoms with Crippen molar-refractivity contribution < 1.29 is 56.0 Å². The van der Waals surface area contributed by atoms with Crippen LogP contribution in [0.1, 0.15) is 12.5 Å². The first-order chi connectivity index (χ1) is 21.7. The van der Waals surface area contributed by atoms with Crippen LogP contribution in [0.4, 0.5) is 16.2 Å². The van der Waals surface area contributed by atoms with Crippen LogP contribution in [0.2, 0.25) is 5.28 Å². The lowest BCUT2D eigenvalue weighted by Gasteiger charge is -2.25. The summed E-state index contributed by atoms with van der Waals surface area (Å²) < 4.78 is 76.3. The summed E-state index contributed by atoms with van der Waals surface area (Å²) in [6.07, 6.45) is -11.9. The summed E-state index contributed by atoms with van der Waals surface area (Å²) in [7, 11) is -10.4. The van der Waals surface area contributed by atoms with Gasteiger partial charge in [-0.05, 0) is 11.6 Å². The molecule has 8 N–H and O–H groups in total. The molecule has 0 aliphatic carbocycles. The molecule has 22 nitrogen and oxygen atoms in total. The number of phosphoric acid groups is 2. The Hall–Kier alpha value is -3.18. The van der Waals surface area contributed by atoms with Crippen molar-refractivity contribution in [2.45, 2.75) is 49.1 Å². The topological polar surface area (TPSA) is 309 Å². The number of aromatic amines is 1. The second-order valence-electron chi connectivity index (χ2n) is 10.2. The Morgan fingerprint density at radius 1 is 0.913 bits per heavy atom. The predicted molar refractivity (Wildman–Crippen MR) is 147 cm³/mol. The summed E-state index contributed by atoms with van der Waals surface area (Å²) in [6, 6.07) is 0. The third kappa shape index (κ3) is 5.47. The molecule has 10 atom stereocenters. The number of nitrogens with one attached hydrogen (secondary N) is 1. The first-order valence-electron chi connectivity index (χ1n) is 13.0. The van der Waals surface area contributed by atoms with Crippen molar-refractivity contribution in [3.05, 3.63) is 28.3 Å². The van der Waals surface area contributed by atoms with Crippen molar-refractivity contribution in [2.75, 3.05) is 24.7 Å². The highest BCUT2D eigenvalue weighted by Gasteiger charge is 2.54. The number of aliphatic hydroxyl groups is 1. The van der Waals surface area contributed by atoms with E-state index in [1.165, 1.54) is 0 Å². The summed E-state index contributed by atoms with van der Waals surface area (Å²) in [5, 5.41) is 10.7. The molecule has 26 heteroatoms. The van der Waals surface area contributed by atoms with Gasteiger partial charge in [-0.3, -0.25) is 37.0 Å². The van der Waals surface area contributed by atoms with E-state index in [2.05, 4.69) is 29.9 Å². The van der Waals surface area contributed by atoms with Crippen molar-refractivity contribution in [3.63, 3.8) is 0 Å². The van der Waals surface area contributed by atoms with E-state index in [1.54, 1.807) is 0 Å². The van der Waals surface area contributed by atoms with Crippen LogP contribution in [0.25, 0.3) is 22.3 Å². The highest BCUT2D eigenvalue weighted by atomic mass is 35.5. The zero-order chi connectivity index (χ0) is 32.7. The van der Waals surface area contributed by atoms with E-state index < -0.39 is 83.6 Å². The van der Waals surface area contributed by atoms with Gasteiger partial charge in [0.1, 0.15) is 36.0 Å². The van der Waals surface area contributed by atoms with Crippen LogP contribution in [0.3, 0.4) is 0 Å². The van der Waals surface area contributed by atoms with Gasteiger partial charge < -0.3 is 35.8 Å². The number of halogens is 2. The Kier molecular flexibility index (Phi) is 7.66. The lowest BCUT2D eigenvalue weighted by molar-refractivity contribution is -0.0670. The van der Waals surface area contributed by atoms with E-state index in [4.69, 9.17) is 50.6 Å². The van der Waals surface area contributed by atoms with E-state index >= 15 is 4.39 Å². The van der Waals surface area contributed by atoms with Gasteiger partial charge in [0, 0.05) is 0 Å². The zero-order valence-corrected chi connectivity index (χ0v) is 25.2. The molecule has 0 spiro atoms. The molecule has 4 aromatic heterocycles. The summed E-state index contributed by atoms with van der Waals surface area (Å²) >= 11 is 5.90. The zero-order valence-electron chi connectivity index (χ0n) is 22.6. The van der Waals surface area contributed by atoms with Gasteiger partial charge in [-0.1, -0.05) is 0 Å². The summed E-state index contributed by atoms with van der Waals surface area (Å²) in [6.45, 7) is -1.82. The van der Waals surface area contributed by atoms with Gasteiger partial charge in [-0.25, -0.2) is 23.5 Å². The Morgan fingerprint density at radius 3 is 2.22 bits per heavy atom. The first kappa shape index (κ1) is 31.4. The van der Waals surface area contributed by atoms with Crippen molar-refractivity contribution in [3.8, 4) is 0 Å². The molecule has 3 saturated heterocycles. The van der Waals surface area contributed by atoms with Gasteiger partial charge in [0.05, 0.1) is 25.9 Å². The second-order valence-corrected chi connectivity index (χ2v) is 13.4. The van der Waals surface area contributed by atoms with Crippen LogP contribution in [-0.2, 0) is 36.7 Å². The average Bonchev–Trinajstić information content (AvgIpc) is 3.72. The number of aliphatic hydroxyl groups excluding tert-OH is 1. The number of imidazole rings is 2. The molecule has 6 unspecified atom stereocenters. The normalized spacial score (nSPS) is 37.2. The number of aromatic nitrogens is 8. The molecule has 4 aromatic rings. The SMILES string of the molecule is Nc1nc2c(ncn2[C@@H]2O[C@@H]3COP(=O)(O)OC4C(F)[C@H](n5cnc6c(N)nc(Cl)nc65)O[C@@H]4COP(=O)(O)OC2C3O)c(=O)[nH]1. The highest BCUT2D eigenvalue weighted by molar-refractivity contribution is 7.47. The fourth-order valence-corrected chi connectivity index (χ4v) is 7.36. The number of rotatable bonds is 2. The lowest BCUT2D eigenvalue weighted by Crippen LogP contribution is -2.35. The molecule has 0 radical (unpaired) electrons. The lowest BCUT2D eigenvalue weighted by atomic mass is 10.1. The minimum Gasteiger partial charge on any atom is -0.387 e. The Morgan fingerprint density at radius 2 is 1.50 bits per heavy atom. The number of nitrogens with two attached hydrogens (primary N) is 2. The molecule has 46 heavy (non-hydrogen) atoms. The van der Waals surface area contributed by atoms with Crippen LogP contribution in [-0.4, -0.2) is 104 Å². The van der Waals surface area contributed by atoms with Crippen LogP contribution in [0.5, 0.6) is 0 Å². The summed E-state index contributed by atoms with van der Waals surface area (Å²) in [5.74, 6) is -0.423. The van der Waals surface area contributed by atoms with Crippen LogP contribution in [0.15, 0.2) is 17.4 Å². The minimum absolute atomic E-state index is 0.0423. The number of phosphoric ester groups is 2. The van der Waals surface area contributed by atoms with Crippen molar-refractivity contribution >= 4 is 61.3 Å². The van der Waals surface area contributed by atoms with Gasteiger partial charge in [0.15, 0.2) is 41.3 Å². The van der Waals surface area contributed by atoms with Crippen LogP contribution >= 0.6 is 27.2 Å². The predicted octanol–water partition coefficient (Wildman–Crippen LogP) is -0.711. The fraction of sp³-hybridized carbons (Fsp3) is 0.500. The van der Waals surface area contributed by atoms with Crippen molar-refractivity contribution in [2.24, 2.45) is 0 Å². The van der Waals surface area contributed by atoms with E-state index in [0.29, 0.717) is 0 Å². The summed E-state index contributed by atoms with van der Waals surface area (Å²) in [5.41, 5.74) is 10.4. The van der Waals surface area contributed by atoms with Crippen LogP contribution in [0, 0.1) is 0 Å². The first-order valence-corrected chi connectivity index (χ1v) is 16.4. The van der Waals surface area contributed by atoms with Gasteiger partial charge >= 0.3 is 15.6 Å². The van der Waals surface area contributed by atoms with Crippen molar-refractivity contribution in [1.82, 2.24) is 39.0 Å². The minimum atomic E-state index is -5.18. The number of alkyl halides is 1. The van der Waals surface area contributed by atoms with Gasteiger partial charge in [0.25, 0.3) is 5.56 Å². The van der Waals surface area contributed by atoms with E-state index in [9.17, 15) is 28.8 Å². The molecule has 2 bridgehead atoms. The average molecular weight is 711 g/mol. The largest absolute Gasteiger partial charge is 0.472 e. The highest BCUT2D eigenvalue weighted by Crippen LogP contribution is 2.54. The quantitative estimate of drug-likeness (QED) is 0.110. The molecule has 0 amide bonds. The van der Waals surface area contributed by atoms with E-state index in [1.807, 2.05) is 0 Å². The molecule has 248 valence electrons. The summed E-state index contributed by atoms with van der Waals surface area (Å²) in [4.78, 5) is 55.4. The Labute approximate surface area is 258 Å². The molecule has 0 saturated carbocycles. The molecule has 0 aromatic carbocycles. The Balaban J connectivity index is 1.21. The fourth-order valence-electron chi connectivity index (χ4n) is 5.30. The van der Waals surface area contributed by atoms with Gasteiger partial charge in [-0.2, -0.15) is 15.0 Å². The molecular formula is C20H22ClFN10O12P2. The third-order valence-electron chi connectivity index (χ3n) is 7.31. The number of ether oxygens (including phenoxy) is 2. The maximum Gasteiger partial charge on any atom is 0.472 e. The van der Waals surface area contributed by atoms with E-state index in [-0.39, 0.29) is 39.4 Å². The molecule has 3 fully saturated rings. The van der Waals surface area contributed by atoms with Crippen molar-refractivity contribution in [1.29, 1.82) is 0 Å². The number of hydrogen-bond donors (Lipinski definition) is 6. The molecule has 3 aliphatic rings. The number of H-pyrrole nitrogens is 1. The van der Waals surface area contributed by atoms with Gasteiger partial charge in [0.2, 0.25) is 11.2 Å². The standard InChI is InChI=1S/C20H22ClFN10O12P2/c21-19-27-13(23)8-14(28-19)31(3-25-8)17-7(22)11-6(42-17)2-40-46(37,38)44-12-10(33)5(1-39-45(35,36)43-11)41-18(12)32-4-26-9-15(32)29-20(24)30-16(9)34/h3-7,10-12,17-18,33H,1-2H2,(H,35,36)(H,37,38)(H2,23,27,28)(H3,24,29,30,34)/t5-,6-,7?,10?,11?,12?,17-,18-/m1/s1. The number of hydrogen-bond acceptors (Lipinski definition) is 17. The number of nitrogens with zero attached hydrogens (tertiary/aromatic N) is 7. The smallest absolute Gasteiger partial charge is 0.387 e. The second kappa shape index (κ2) is 11.2.